The van der Waals surface area contributed by atoms with Crippen LogP contribution in [-0.4, -0.2) is 24.1 Å². The Labute approximate surface area is 126 Å². The number of nitrogens with zero attached hydrogens (tertiary/aromatic N) is 5. The zero-order chi connectivity index (χ0) is 12.5. The van der Waals surface area contributed by atoms with Crippen molar-refractivity contribution in [2.45, 2.75) is 26.8 Å². The molecule has 0 bridgehead atoms. The van der Waals surface area contributed by atoms with E-state index in [0.717, 1.165) is 23.5 Å². The second kappa shape index (κ2) is 5.66. The summed E-state index contributed by atoms with van der Waals surface area (Å²) in [5.41, 5.74) is 4.19. The van der Waals surface area contributed by atoms with Crippen molar-refractivity contribution in [1.29, 1.82) is 0 Å². The zero-order valence-electron chi connectivity index (χ0n) is 10.9. The molecule has 0 saturated carbocycles. The number of imidazole rings is 1. The van der Waals surface area contributed by atoms with Gasteiger partial charge < -0.3 is 9.55 Å². The van der Waals surface area contributed by atoms with Crippen molar-refractivity contribution in [2.24, 2.45) is 0 Å². The van der Waals surface area contributed by atoms with Gasteiger partial charge in [0, 0.05) is 51.4 Å². The molecular weight excluding hydrogens is 410 g/mol. The van der Waals surface area contributed by atoms with Crippen LogP contribution in [0.1, 0.15) is 23.9 Å². The first-order valence-corrected chi connectivity index (χ1v) is 6.00. The molecule has 19 heavy (non-hydrogen) atoms. The van der Waals surface area contributed by atoms with Crippen LogP contribution in [0.4, 0.5) is 0 Å². The fraction of sp³-hybridized carbons (Fsp3) is 0.308. The van der Waals surface area contributed by atoms with Crippen LogP contribution in [0.3, 0.4) is 0 Å². The topological polar surface area (TPSA) is 48.0 Å². The third-order valence-electron chi connectivity index (χ3n) is 2.98. The van der Waals surface area contributed by atoms with Crippen LogP contribution in [0.25, 0.3) is 5.65 Å². The average molecular weight is 424 g/mol. The van der Waals surface area contributed by atoms with Crippen molar-refractivity contribution >= 4 is 5.65 Å². The van der Waals surface area contributed by atoms with Gasteiger partial charge >= 0.3 is 0 Å². The van der Waals surface area contributed by atoms with E-state index in [4.69, 9.17) is 0 Å². The molecule has 0 aliphatic heterocycles. The molecule has 0 N–H and O–H groups in total. The molecule has 0 spiro atoms. The van der Waals surface area contributed by atoms with Gasteiger partial charge in [-0.3, -0.25) is 0 Å². The van der Waals surface area contributed by atoms with Crippen molar-refractivity contribution in [3.05, 3.63) is 47.9 Å². The van der Waals surface area contributed by atoms with Crippen LogP contribution in [-0.2, 0) is 34.0 Å². The molecule has 0 aliphatic carbocycles. The maximum atomic E-state index is 4.59. The summed E-state index contributed by atoms with van der Waals surface area (Å²) < 4.78 is 3.74. The van der Waals surface area contributed by atoms with Crippen LogP contribution < -0.4 is 0 Å². The van der Waals surface area contributed by atoms with Gasteiger partial charge in [0.25, 0.3) is 0 Å². The molecule has 0 saturated heterocycles. The van der Waals surface area contributed by atoms with Gasteiger partial charge in [-0.15, -0.1) is 12.4 Å². The predicted octanol–water partition coefficient (Wildman–Crippen LogP) is 1.64. The molecule has 0 radical (unpaired) electrons. The van der Waals surface area contributed by atoms with Crippen molar-refractivity contribution in [3.63, 3.8) is 0 Å². The first kappa shape index (κ1) is 13.9. The summed E-state index contributed by atoms with van der Waals surface area (Å²) in [6.45, 7) is 4.81. The van der Waals surface area contributed by atoms with Gasteiger partial charge in [-0.05, 0) is 19.4 Å². The van der Waals surface area contributed by atoms with Crippen LogP contribution in [0.15, 0.2) is 24.7 Å². The molecule has 3 aromatic rings. The minimum absolute atomic E-state index is 0. The molecule has 0 fully saturated rings. The van der Waals surface area contributed by atoms with Gasteiger partial charge in [0.05, 0.1) is 5.69 Å². The summed E-state index contributed by atoms with van der Waals surface area (Å²) in [5.74, 6) is 0. The quantitative estimate of drug-likeness (QED) is 0.601. The molecule has 0 aliphatic rings. The van der Waals surface area contributed by atoms with E-state index in [1.54, 1.807) is 6.20 Å². The number of hydrogen-bond donors (Lipinski definition) is 0. The Morgan fingerprint density at radius 3 is 2.84 bits per heavy atom. The van der Waals surface area contributed by atoms with Crippen molar-refractivity contribution < 1.29 is 21.1 Å². The molecule has 0 unspecified atom stereocenters. The van der Waals surface area contributed by atoms with E-state index in [-0.39, 0.29) is 21.1 Å². The van der Waals surface area contributed by atoms with Gasteiger partial charge in [-0.1, -0.05) is 6.92 Å². The Morgan fingerprint density at radius 2 is 2.16 bits per heavy atom. The van der Waals surface area contributed by atoms with E-state index in [1.165, 1.54) is 5.56 Å². The molecule has 5 nitrogen and oxygen atoms in total. The zero-order valence-corrected chi connectivity index (χ0v) is 13.8. The minimum atomic E-state index is 0. The van der Waals surface area contributed by atoms with E-state index >= 15 is 0 Å². The van der Waals surface area contributed by atoms with Gasteiger partial charge in [0.1, 0.15) is 0 Å². The van der Waals surface area contributed by atoms with Crippen molar-refractivity contribution in [2.75, 3.05) is 0 Å². The average Bonchev–Trinajstić information content (AvgIpc) is 2.96. The van der Waals surface area contributed by atoms with E-state index in [1.807, 2.05) is 34.5 Å². The SMILES string of the molecule is CCc1c(Cn2[c-]ncc2)nn2ccc(C)nc12.[W]. The molecular formula is C13H14N5W-. The Hall–Kier alpha value is -1.48. The summed E-state index contributed by atoms with van der Waals surface area (Å²) >= 11 is 0. The Bertz CT molecular complexity index is 672. The molecule has 3 heterocycles. The van der Waals surface area contributed by atoms with Crippen molar-refractivity contribution in [1.82, 2.24) is 24.1 Å². The molecule has 6 heteroatoms. The molecule has 98 valence electrons. The van der Waals surface area contributed by atoms with E-state index < -0.39 is 0 Å². The second-order valence-electron chi connectivity index (χ2n) is 4.27. The van der Waals surface area contributed by atoms with Gasteiger partial charge in [-0.25, -0.2) is 9.50 Å². The van der Waals surface area contributed by atoms with E-state index in [9.17, 15) is 0 Å². The maximum Gasteiger partial charge on any atom is 0.158 e. The first-order valence-electron chi connectivity index (χ1n) is 6.00. The molecule has 0 amide bonds. The molecule has 0 atom stereocenters. The summed E-state index contributed by atoms with van der Waals surface area (Å²) in [6.07, 6.45) is 9.38. The van der Waals surface area contributed by atoms with Crippen LogP contribution >= 0.6 is 0 Å². The fourth-order valence-corrected chi connectivity index (χ4v) is 2.10. The van der Waals surface area contributed by atoms with Crippen LogP contribution in [0.5, 0.6) is 0 Å². The summed E-state index contributed by atoms with van der Waals surface area (Å²) in [6, 6.07) is 1.96. The Kier molecular flexibility index (Phi) is 4.15. The number of rotatable bonds is 3. The third-order valence-corrected chi connectivity index (χ3v) is 2.98. The first-order chi connectivity index (χ1) is 8.78. The molecule has 3 aromatic heterocycles. The van der Waals surface area contributed by atoms with Gasteiger partial charge in [0.15, 0.2) is 5.65 Å². The summed E-state index contributed by atoms with van der Waals surface area (Å²) in [4.78, 5) is 8.49. The second-order valence-corrected chi connectivity index (χ2v) is 4.27. The largest absolute Gasteiger partial charge is 0.449 e. The van der Waals surface area contributed by atoms with E-state index in [2.05, 4.69) is 28.3 Å². The van der Waals surface area contributed by atoms with Gasteiger partial charge in [0.2, 0.25) is 0 Å². The minimum Gasteiger partial charge on any atom is -0.449 e. The number of aryl methyl sites for hydroxylation is 2. The smallest absolute Gasteiger partial charge is 0.158 e. The van der Waals surface area contributed by atoms with Crippen LogP contribution in [0, 0.1) is 13.3 Å². The number of hydrogen-bond acceptors (Lipinski definition) is 3. The van der Waals surface area contributed by atoms with Gasteiger partial charge in [-0.2, -0.15) is 5.10 Å². The molecule has 3 rings (SSSR count). The van der Waals surface area contributed by atoms with Crippen molar-refractivity contribution in [3.8, 4) is 0 Å². The van der Waals surface area contributed by atoms with Crippen LogP contribution in [0.2, 0.25) is 0 Å². The monoisotopic (exact) mass is 424 g/mol. The number of aromatic nitrogens is 5. The maximum absolute atomic E-state index is 4.59. The molecule has 0 aromatic carbocycles. The Balaban J connectivity index is 0.00000133. The Morgan fingerprint density at radius 1 is 1.32 bits per heavy atom. The summed E-state index contributed by atoms with van der Waals surface area (Å²) in [7, 11) is 0. The normalized spacial score (nSPS) is 10.6. The number of fused-ring (bicyclic) bond motifs is 1. The fourth-order valence-electron chi connectivity index (χ4n) is 2.10. The summed E-state index contributed by atoms with van der Waals surface area (Å²) in [5, 5.41) is 4.59. The predicted molar refractivity (Wildman–Crippen MR) is 67.3 cm³/mol. The van der Waals surface area contributed by atoms with E-state index in [0.29, 0.717) is 6.54 Å². The third kappa shape index (κ3) is 2.61. The standard InChI is InChI=1S/C13H14N5.W/c1-3-11-12(8-17-7-5-14-9-17)16-18-6-4-10(2)15-13(11)18;/h4-7H,3,8H2,1-2H3;/q-1;.